The van der Waals surface area contributed by atoms with Crippen molar-refractivity contribution >= 4 is 22.6 Å². The van der Waals surface area contributed by atoms with Gasteiger partial charge in [0.2, 0.25) is 11.2 Å². The Kier molecular flexibility index (Phi) is 5.54. The van der Waals surface area contributed by atoms with Crippen LogP contribution in [0.3, 0.4) is 0 Å². The van der Waals surface area contributed by atoms with E-state index in [9.17, 15) is 4.79 Å². The van der Waals surface area contributed by atoms with Crippen LogP contribution < -0.4 is 14.9 Å². The summed E-state index contributed by atoms with van der Waals surface area (Å²) in [4.78, 5) is 13.0. The van der Waals surface area contributed by atoms with Gasteiger partial charge < -0.3 is 13.9 Å². The molecule has 29 heavy (non-hydrogen) atoms. The fourth-order valence-corrected chi connectivity index (χ4v) is 3.18. The molecule has 4 nitrogen and oxygen atoms in total. The minimum Gasteiger partial charge on any atom is -0.490 e. The van der Waals surface area contributed by atoms with Gasteiger partial charge >= 0.3 is 0 Å². The normalized spacial score (nSPS) is 10.8. The van der Waals surface area contributed by atoms with Crippen molar-refractivity contribution in [2.75, 3.05) is 13.2 Å². The fourth-order valence-electron chi connectivity index (χ4n) is 3.06. The van der Waals surface area contributed by atoms with E-state index in [1.165, 1.54) is 0 Å². The van der Waals surface area contributed by atoms with E-state index < -0.39 is 0 Å². The number of benzene rings is 3. The van der Waals surface area contributed by atoms with E-state index in [1.807, 2.05) is 37.3 Å². The maximum atomic E-state index is 13.0. The molecule has 0 spiro atoms. The van der Waals surface area contributed by atoms with E-state index >= 15 is 0 Å². The second kappa shape index (κ2) is 8.41. The Bertz CT molecular complexity index is 1200. The maximum Gasteiger partial charge on any atom is 0.235 e. The van der Waals surface area contributed by atoms with Gasteiger partial charge in [0.05, 0.1) is 5.39 Å². The Morgan fingerprint density at radius 2 is 1.66 bits per heavy atom. The van der Waals surface area contributed by atoms with E-state index in [1.54, 1.807) is 42.5 Å². The van der Waals surface area contributed by atoms with Crippen LogP contribution in [0.1, 0.15) is 5.56 Å². The van der Waals surface area contributed by atoms with E-state index in [0.29, 0.717) is 33.9 Å². The van der Waals surface area contributed by atoms with Crippen LogP contribution in [-0.2, 0) is 0 Å². The van der Waals surface area contributed by atoms with Gasteiger partial charge in [0.25, 0.3) is 0 Å². The van der Waals surface area contributed by atoms with Gasteiger partial charge in [0.1, 0.15) is 24.5 Å². The number of hydrogen-bond acceptors (Lipinski definition) is 4. The number of hydrogen-bond donors (Lipinski definition) is 0. The van der Waals surface area contributed by atoms with E-state index in [2.05, 4.69) is 0 Å². The maximum absolute atomic E-state index is 13.0. The van der Waals surface area contributed by atoms with Crippen LogP contribution in [0.5, 0.6) is 11.5 Å². The summed E-state index contributed by atoms with van der Waals surface area (Å²) in [5.41, 5.74) is 2.12. The molecule has 0 atom stereocenters. The van der Waals surface area contributed by atoms with Crippen molar-refractivity contribution in [3.63, 3.8) is 0 Å². The lowest BCUT2D eigenvalue weighted by atomic mass is 10.1. The number of para-hydroxylation sites is 1. The first kappa shape index (κ1) is 19.1. The van der Waals surface area contributed by atoms with Crippen LogP contribution in [0.25, 0.3) is 22.3 Å². The molecule has 4 aromatic rings. The zero-order chi connectivity index (χ0) is 20.2. The molecule has 4 rings (SSSR count). The number of aryl methyl sites for hydroxylation is 1. The van der Waals surface area contributed by atoms with Crippen molar-refractivity contribution < 1.29 is 13.9 Å². The zero-order valence-corrected chi connectivity index (χ0v) is 16.6. The van der Waals surface area contributed by atoms with Crippen LogP contribution in [0, 0.1) is 6.92 Å². The highest BCUT2D eigenvalue weighted by atomic mass is 35.5. The Labute approximate surface area is 173 Å². The molecule has 0 bridgehead atoms. The lowest BCUT2D eigenvalue weighted by Crippen LogP contribution is -2.15. The second-order valence-corrected chi connectivity index (χ2v) is 7.04. The summed E-state index contributed by atoms with van der Waals surface area (Å²) in [6, 6.07) is 22.0. The molecule has 0 fully saturated rings. The summed E-state index contributed by atoms with van der Waals surface area (Å²) >= 11 is 6.00. The van der Waals surface area contributed by atoms with Crippen molar-refractivity contribution in [2.24, 2.45) is 0 Å². The predicted octanol–water partition coefficient (Wildman–Crippen LogP) is 5.88. The molecule has 146 valence electrons. The lowest BCUT2D eigenvalue weighted by molar-refractivity contribution is 0.214. The fraction of sp³-hybridized carbons (Fsp3) is 0.125. The molecular weight excluding hydrogens is 388 g/mol. The van der Waals surface area contributed by atoms with Gasteiger partial charge in [-0.25, -0.2) is 0 Å². The third-order valence-corrected chi connectivity index (χ3v) is 4.70. The smallest absolute Gasteiger partial charge is 0.235 e. The van der Waals surface area contributed by atoms with Gasteiger partial charge in [-0.1, -0.05) is 35.9 Å². The molecule has 3 aromatic carbocycles. The third-order valence-electron chi connectivity index (χ3n) is 4.45. The molecule has 5 heteroatoms. The van der Waals surface area contributed by atoms with Gasteiger partial charge in [-0.15, -0.1) is 0 Å². The van der Waals surface area contributed by atoms with Gasteiger partial charge in [0, 0.05) is 10.6 Å². The summed E-state index contributed by atoms with van der Waals surface area (Å²) in [6.45, 7) is 2.51. The van der Waals surface area contributed by atoms with Crippen LogP contribution in [-0.4, -0.2) is 13.2 Å². The summed E-state index contributed by atoms with van der Waals surface area (Å²) in [5.74, 6) is 1.30. The lowest BCUT2D eigenvalue weighted by Gasteiger charge is -2.12. The first-order valence-corrected chi connectivity index (χ1v) is 9.64. The molecule has 0 radical (unpaired) electrons. The quantitative estimate of drug-likeness (QED) is 0.375. The molecule has 0 saturated carbocycles. The average Bonchev–Trinajstić information content (AvgIpc) is 2.73. The van der Waals surface area contributed by atoms with Gasteiger partial charge in [-0.05, 0) is 61.0 Å². The van der Waals surface area contributed by atoms with Crippen molar-refractivity contribution in [2.45, 2.75) is 6.92 Å². The minimum atomic E-state index is -0.215. The summed E-state index contributed by atoms with van der Waals surface area (Å²) < 4.78 is 17.6. The van der Waals surface area contributed by atoms with Crippen molar-refractivity contribution in [3.05, 3.63) is 93.6 Å². The Balaban J connectivity index is 1.62. The molecule has 0 aliphatic rings. The first-order valence-electron chi connectivity index (χ1n) is 9.26. The van der Waals surface area contributed by atoms with Gasteiger partial charge in [-0.2, -0.15) is 0 Å². The second-order valence-electron chi connectivity index (χ2n) is 6.61. The molecule has 0 saturated heterocycles. The number of fused-ring (bicyclic) bond motifs is 1. The summed E-state index contributed by atoms with van der Waals surface area (Å²) in [7, 11) is 0. The van der Waals surface area contributed by atoms with E-state index in [-0.39, 0.29) is 17.8 Å². The highest BCUT2D eigenvalue weighted by molar-refractivity contribution is 6.30. The van der Waals surface area contributed by atoms with Crippen molar-refractivity contribution in [1.82, 2.24) is 0 Å². The highest BCUT2D eigenvalue weighted by Gasteiger charge is 2.17. The van der Waals surface area contributed by atoms with Crippen molar-refractivity contribution in [3.8, 4) is 22.8 Å². The SMILES string of the molecule is Cc1cccc(OCCOc2c(-c3ccc(Cl)cc3)oc3ccccc3c2=O)c1. The first-order chi connectivity index (χ1) is 14.1. The molecule has 0 unspecified atom stereocenters. The van der Waals surface area contributed by atoms with Gasteiger partial charge in [0.15, 0.2) is 5.76 Å². The Morgan fingerprint density at radius 3 is 2.45 bits per heavy atom. The monoisotopic (exact) mass is 406 g/mol. The standard InChI is InChI=1S/C24H19ClO4/c1-16-5-4-6-19(15-16)27-13-14-28-24-22(26)20-7-2-3-8-21(20)29-23(24)17-9-11-18(25)12-10-17/h2-12,15H,13-14H2,1H3. The molecule has 1 aromatic heterocycles. The molecule has 0 N–H and O–H groups in total. The number of ether oxygens (including phenoxy) is 2. The van der Waals surface area contributed by atoms with Crippen LogP contribution in [0.15, 0.2) is 82.0 Å². The predicted molar refractivity (Wildman–Crippen MR) is 115 cm³/mol. The largest absolute Gasteiger partial charge is 0.490 e. The van der Waals surface area contributed by atoms with Crippen LogP contribution in [0.2, 0.25) is 5.02 Å². The van der Waals surface area contributed by atoms with Crippen molar-refractivity contribution in [1.29, 1.82) is 0 Å². The van der Waals surface area contributed by atoms with Gasteiger partial charge in [-0.3, -0.25) is 4.79 Å². The Morgan fingerprint density at radius 1 is 0.897 bits per heavy atom. The molecule has 0 aliphatic heterocycles. The molecular formula is C24H19ClO4. The zero-order valence-electron chi connectivity index (χ0n) is 15.9. The third kappa shape index (κ3) is 4.28. The number of rotatable bonds is 6. The molecule has 0 amide bonds. The number of halogens is 1. The minimum absolute atomic E-state index is 0.166. The van der Waals surface area contributed by atoms with Crippen LogP contribution in [0.4, 0.5) is 0 Å². The van der Waals surface area contributed by atoms with E-state index in [4.69, 9.17) is 25.5 Å². The topological polar surface area (TPSA) is 48.7 Å². The summed E-state index contributed by atoms with van der Waals surface area (Å²) in [6.07, 6.45) is 0. The molecule has 1 heterocycles. The summed E-state index contributed by atoms with van der Waals surface area (Å²) in [5, 5.41) is 1.07. The average molecular weight is 407 g/mol. The highest BCUT2D eigenvalue weighted by Crippen LogP contribution is 2.31. The van der Waals surface area contributed by atoms with E-state index in [0.717, 1.165) is 11.3 Å². The Hall–Kier alpha value is -3.24. The molecule has 0 aliphatic carbocycles. The van der Waals surface area contributed by atoms with Crippen LogP contribution >= 0.6 is 11.6 Å².